The Morgan fingerprint density at radius 2 is 1.86 bits per heavy atom. The summed E-state index contributed by atoms with van der Waals surface area (Å²) in [6.45, 7) is 1.81. The van der Waals surface area contributed by atoms with Crippen LogP contribution in [0.2, 0.25) is 0 Å². The van der Waals surface area contributed by atoms with Crippen molar-refractivity contribution in [2.75, 3.05) is 11.9 Å². The zero-order chi connectivity index (χ0) is 15.2. The number of hydrogen-bond donors (Lipinski definition) is 1. The minimum absolute atomic E-state index is 0.213. The van der Waals surface area contributed by atoms with Crippen LogP contribution < -0.4 is 5.32 Å². The number of hydrogen-bond acceptors (Lipinski definition) is 2. The van der Waals surface area contributed by atoms with Gasteiger partial charge < -0.3 is 9.88 Å². The summed E-state index contributed by atoms with van der Waals surface area (Å²) >= 11 is 0. The molecule has 0 aliphatic heterocycles. The summed E-state index contributed by atoms with van der Waals surface area (Å²) in [6.07, 6.45) is 6.59. The van der Waals surface area contributed by atoms with Crippen LogP contribution in [0.1, 0.15) is 6.42 Å². The van der Waals surface area contributed by atoms with E-state index in [-0.39, 0.29) is 5.82 Å². The lowest BCUT2D eigenvalue weighted by atomic mass is 10.0. The van der Waals surface area contributed by atoms with Crippen molar-refractivity contribution in [3.63, 3.8) is 0 Å². The maximum absolute atomic E-state index is 13.1. The predicted octanol–water partition coefficient (Wildman–Crippen LogP) is 4.19. The number of para-hydroxylation sites is 1. The molecule has 0 aliphatic rings. The van der Waals surface area contributed by atoms with Gasteiger partial charge in [0.05, 0.1) is 6.33 Å². The zero-order valence-electron chi connectivity index (χ0n) is 12.2. The van der Waals surface area contributed by atoms with Gasteiger partial charge in [0, 0.05) is 36.7 Å². The average molecular weight is 295 g/mol. The minimum atomic E-state index is -0.213. The fourth-order valence-corrected chi connectivity index (χ4v) is 2.42. The van der Waals surface area contributed by atoms with Gasteiger partial charge in [-0.3, -0.25) is 0 Å². The van der Waals surface area contributed by atoms with Crippen molar-refractivity contribution in [1.29, 1.82) is 0 Å². The molecule has 0 saturated heterocycles. The molecule has 0 fully saturated rings. The highest BCUT2D eigenvalue weighted by molar-refractivity contribution is 5.77. The van der Waals surface area contributed by atoms with Crippen LogP contribution >= 0.6 is 0 Å². The molecule has 1 aromatic heterocycles. The van der Waals surface area contributed by atoms with Crippen LogP contribution in [0, 0.1) is 5.82 Å². The molecule has 1 heterocycles. The number of nitrogens with zero attached hydrogens (tertiary/aromatic N) is 2. The molecular formula is C18H18FN3. The van der Waals surface area contributed by atoms with E-state index in [2.05, 4.69) is 20.9 Å². The molecule has 0 unspecified atom stereocenters. The maximum atomic E-state index is 13.1. The Kier molecular flexibility index (Phi) is 4.49. The highest BCUT2D eigenvalue weighted by Gasteiger charge is 2.04. The number of halogens is 1. The standard InChI is InChI=1S/C18H18FN3/c19-16-8-6-15(7-9-16)17-4-1-2-5-18(17)21-10-3-12-22-13-11-20-14-22/h1-2,4-9,11,13-14,21H,3,10,12H2. The number of aryl methyl sites for hydroxylation is 1. The largest absolute Gasteiger partial charge is 0.384 e. The van der Waals surface area contributed by atoms with Crippen molar-refractivity contribution in [3.05, 3.63) is 73.1 Å². The fourth-order valence-electron chi connectivity index (χ4n) is 2.42. The number of anilines is 1. The van der Waals surface area contributed by atoms with E-state index in [0.29, 0.717) is 0 Å². The zero-order valence-corrected chi connectivity index (χ0v) is 12.2. The van der Waals surface area contributed by atoms with Crippen LogP contribution in [-0.2, 0) is 6.54 Å². The van der Waals surface area contributed by atoms with E-state index in [1.165, 1.54) is 12.1 Å². The van der Waals surface area contributed by atoms with Crippen LogP contribution in [0.25, 0.3) is 11.1 Å². The summed E-state index contributed by atoms with van der Waals surface area (Å²) in [5.41, 5.74) is 3.17. The SMILES string of the molecule is Fc1ccc(-c2ccccc2NCCCn2ccnc2)cc1. The predicted molar refractivity (Wildman–Crippen MR) is 87.2 cm³/mol. The van der Waals surface area contributed by atoms with E-state index in [0.717, 1.165) is 36.3 Å². The van der Waals surface area contributed by atoms with Crippen molar-refractivity contribution >= 4 is 5.69 Å². The molecule has 0 saturated carbocycles. The second kappa shape index (κ2) is 6.89. The summed E-state index contributed by atoms with van der Waals surface area (Å²) in [6, 6.07) is 14.7. The summed E-state index contributed by atoms with van der Waals surface area (Å²) in [7, 11) is 0. The molecule has 3 rings (SSSR count). The number of aromatic nitrogens is 2. The molecule has 22 heavy (non-hydrogen) atoms. The van der Waals surface area contributed by atoms with Crippen molar-refractivity contribution in [2.24, 2.45) is 0 Å². The minimum Gasteiger partial charge on any atom is -0.384 e. The first-order valence-corrected chi connectivity index (χ1v) is 7.37. The van der Waals surface area contributed by atoms with Crippen LogP contribution in [0.4, 0.5) is 10.1 Å². The van der Waals surface area contributed by atoms with Gasteiger partial charge in [0.25, 0.3) is 0 Å². The molecule has 1 N–H and O–H groups in total. The first-order valence-electron chi connectivity index (χ1n) is 7.37. The quantitative estimate of drug-likeness (QED) is 0.691. The Bertz CT molecular complexity index is 705. The third-order valence-corrected chi connectivity index (χ3v) is 3.55. The normalized spacial score (nSPS) is 10.6. The molecule has 0 spiro atoms. The number of rotatable bonds is 6. The van der Waals surface area contributed by atoms with E-state index >= 15 is 0 Å². The van der Waals surface area contributed by atoms with Crippen molar-refractivity contribution in [3.8, 4) is 11.1 Å². The molecule has 3 nitrogen and oxygen atoms in total. The fraction of sp³-hybridized carbons (Fsp3) is 0.167. The smallest absolute Gasteiger partial charge is 0.123 e. The molecule has 0 bridgehead atoms. The summed E-state index contributed by atoms with van der Waals surface area (Å²) in [5, 5.41) is 3.46. The highest BCUT2D eigenvalue weighted by atomic mass is 19.1. The van der Waals surface area contributed by atoms with Crippen LogP contribution in [0.5, 0.6) is 0 Å². The monoisotopic (exact) mass is 295 g/mol. The Morgan fingerprint density at radius 1 is 1.05 bits per heavy atom. The number of imidazole rings is 1. The molecule has 0 radical (unpaired) electrons. The topological polar surface area (TPSA) is 29.9 Å². The van der Waals surface area contributed by atoms with E-state index in [1.54, 1.807) is 18.3 Å². The Labute approximate surface area is 129 Å². The summed E-state index contributed by atoms with van der Waals surface area (Å²) < 4.78 is 15.1. The van der Waals surface area contributed by atoms with Gasteiger partial charge in [-0.25, -0.2) is 9.37 Å². The Morgan fingerprint density at radius 3 is 2.64 bits per heavy atom. The van der Waals surface area contributed by atoms with Gasteiger partial charge in [0.1, 0.15) is 5.82 Å². The third kappa shape index (κ3) is 3.52. The average Bonchev–Trinajstić information content (AvgIpc) is 3.06. The van der Waals surface area contributed by atoms with Gasteiger partial charge in [-0.15, -0.1) is 0 Å². The van der Waals surface area contributed by atoms with Gasteiger partial charge in [0.15, 0.2) is 0 Å². The van der Waals surface area contributed by atoms with E-state index in [4.69, 9.17) is 0 Å². The van der Waals surface area contributed by atoms with Crippen molar-refractivity contribution in [2.45, 2.75) is 13.0 Å². The van der Waals surface area contributed by atoms with Crippen molar-refractivity contribution < 1.29 is 4.39 Å². The Hall–Kier alpha value is -2.62. The first kappa shape index (κ1) is 14.3. The van der Waals surface area contributed by atoms with Gasteiger partial charge >= 0.3 is 0 Å². The molecule has 0 amide bonds. The molecule has 3 aromatic rings. The van der Waals surface area contributed by atoms with Crippen LogP contribution in [0.15, 0.2) is 67.3 Å². The van der Waals surface area contributed by atoms with Crippen LogP contribution in [0.3, 0.4) is 0 Å². The third-order valence-electron chi connectivity index (χ3n) is 3.55. The van der Waals surface area contributed by atoms with Gasteiger partial charge in [0.2, 0.25) is 0 Å². The van der Waals surface area contributed by atoms with Crippen molar-refractivity contribution in [1.82, 2.24) is 9.55 Å². The van der Waals surface area contributed by atoms with E-state index in [9.17, 15) is 4.39 Å². The lowest BCUT2D eigenvalue weighted by Gasteiger charge is -2.12. The van der Waals surface area contributed by atoms with E-state index in [1.807, 2.05) is 30.7 Å². The van der Waals surface area contributed by atoms with Gasteiger partial charge in [-0.1, -0.05) is 30.3 Å². The summed E-state index contributed by atoms with van der Waals surface area (Å²) in [4.78, 5) is 4.03. The number of nitrogens with one attached hydrogen (secondary N) is 1. The van der Waals surface area contributed by atoms with Crippen LogP contribution in [-0.4, -0.2) is 16.1 Å². The molecule has 2 aromatic carbocycles. The number of benzene rings is 2. The molecular weight excluding hydrogens is 277 g/mol. The second-order valence-electron chi connectivity index (χ2n) is 5.13. The molecule has 112 valence electrons. The maximum Gasteiger partial charge on any atom is 0.123 e. The first-order chi connectivity index (χ1) is 10.8. The van der Waals surface area contributed by atoms with Gasteiger partial charge in [-0.05, 0) is 30.2 Å². The lowest BCUT2D eigenvalue weighted by molar-refractivity contribution is 0.628. The Balaban J connectivity index is 1.65. The highest BCUT2D eigenvalue weighted by Crippen LogP contribution is 2.27. The van der Waals surface area contributed by atoms with E-state index < -0.39 is 0 Å². The molecule has 0 aliphatic carbocycles. The lowest BCUT2D eigenvalue weighted by Crippen LogP contribution is -2.06. The molecule has 0 atom stereocenters. The van der Waals surface area contributed by atoms with Gasteiger partial charge in [-0.2, -0.15) is 0 Å². The second-order valence-corrected chi connectivity index (χ2v) is 5.13. The summed E-state index contributed by atoms with van der Waals surface area (Å²) in [5.74, 6) is -0.213. The molecule has 4 heteroatoms.